The summed E-state index contributed by atoms with van der Waals surface area (Å²) in [5.74, 6) is 1.29. The lowest BCUT2D eigenvalue weighted by atomic mass is 9.91. The summed E-state index contributed by atoms with van der Waals surface area (Å²) in [6, 6.07) is 82.0. The Bertz CT molecular complexity index is 4900. The van der Waals surface area contributed by atoms with E-state index in [9.17, 15) is 0 Å². The van der Waals surface area contributed by atoms with Crippen LogP contribution < -0.4 is 0 Å². The molecule has 4 heterocycles. The molecule has 16 rings (SSSR count). The molecule has 0 aliphatic heterocycles. The molecule has 76 heavy (non-hydrogen) atoms. The summed E-state index contributed by atoms with van der Waals surface area (Å²) >= 11 is 0. The number of hydrogen-bond donors (Lipinski definition) is 0. The van der Waals surface area contributed by atoms with Crippen molar-refractivity contribution in [3.05, 3.63) is 243 Å². The first-order valence-electron chi connectivity index (χ1n) is 25.6. The summed E-state index contributed by atoms with van der Waals surface area (Å²) in [4.78, 5) is 30.9. The molecule has 0 atom stereocenters. The molecule has 0 fully saturated rings. The summed E-state index contributed by atoms with van der Waals surface area (Å²) in [7, 11) is 0. The van der Waals surface area contributed by atoms with E-state index in [1.165, 1.54) is 64.6 Å². The van der Waals surface area contributed by atoms with E-state index in [2.05, 4.69) is 218 Å². The maximum absolute atomic E-state index is 5.37. The normalized spacial score (nSPS) is 11.9. The Hall–Kier alpha value is -10.3. The lowest BCUT2D eigenvalue weighted by Crippen LogP contribution is -1.98. The van der Waals surface area contributed by atoms with Crippen molar-refractivity contribution in [1.82, 2.24) is 29.9 Å². The van der Waals surface area contributed by atoms with Crippen molar-refractivity contribution in [3.63, 3.8) is 0 Å². The first kappa shape index (κ1) is 42.2. The van der Waals surface area contributed by atoms with Gasteiger partial charge in [-0.3, -0.25) is 9.97 Å². The number of hydrogen-bond acceptors (Lipinski definition) is 6. The van der Waals surface area contributed by atoms with Crippen molar-refractivity contribution >= 4 is 86.4 Å². The van der Waals surface area contributed by atoms with Crippen LogP contribution in [-0.2, 0) is 0 Å². The van der Waals surface area contributed by atoms with E-state index in [1.54, 1.807) is 0 Å². The first-order valence-corrected chi connectivity index (χ1v) is 25.6. The van der Waals surface area contributed by atoms with Crippen LogP contribution in [0.3, 0.4) is 0 Å². The van der Waals surface area contributed by atoms with Gasteiger partial charge in [-0.15, -0.1) is 0 Å². The van der Waals surface area contributed by atoms with Gasteiger partial charge in [0.1, 0.15) is 0 Å². The molecule has 4 aromatic heterocycles. The van der Waals surface area contributed by atoms with Gasteiger partial charge in [0.05, 0.1) is 33.8 Å². The van der Waals surface area contributed by atoms with Gasteiger partial charge >= 0.3 is 0 Å². The maximum atomic E-state index is 5.37. The van der Waals surface area contributed by atoms with Crippen LogP contribution in [-0.4, -0.2) is 29.9 Å². The molecule has 0 N–H and O–H groups in total. The zero-order valence-electron chi connectivity index (χ0n) is 40.8. The van der Waals surface area contributed by atoms with Crippen LogP contribution in [0.1, 0.15) is 0 Å². The molecule has 0 bridgehead atoms. The summed E-state index contributed by atoms with van der Waals surface area (Å²) < 4.78 is 0. The Morgan fingerprint density at radius 2 is 0.592 bits per heavy atom. The molecule has 6 nitrogen and oxygen atoms in total. The molecule has 6 heteroatoms. The Kier molecular flexibility index (Phi) is 9.23. The van der Waals surface area contributed by atoms with Crippen molar-refractivity contribution in [3.8, 4) is 78.9 Å². The van der Waals surface area contributed by atoms with E-state index < -0.39 is 0 Å². The highest BCUT2D eigenvalue weighted by Crippen LogP contribution is 2.42. The second-order valence-corrected chi connectivity index (χ2v) is 19.8. The fourth-order valence-corrected chi connectivity index (χ4v) is 11.8. The Balaban J connectivity index is 0.788. The Morgan fingerprint density at radius 1 is 0.224 bits per heavy atom. The predicted molar refractivity (Wildman–Crippen MR) is 314 cm³/mol. The highest BCUT2D eigenvalue weighted by molar-refractivity contribution is 6.26. The minimum absolute atomic E-state index is 0.645. The van der Waals surface area contributed by atoms with Gasteiger partial charge in [0.2, 0.25) is 0 Å². The molecule has 0 aliphatic rings. The van der Waals surface area contributed by atoms with Crippen molar-refractivity contribution in [1.29, 1.82) is 0 Å². The molecule has 16 aromatic rings. The Morgan fingerprint density at radius 3 is 1.13 bits per heavy atom. The van der Waals surface area contributed by atoms with E-state index in [1.807, 2.05) is 24.5 Å². The van der Waals surface area contributed by atoms with Crippen LogP contribution in [0.5, 0.6) is 0 Å². The topological polar surface area (TPSA) is 77.3 Å². The highest BCUT2D eigenvalue weighted by Gasteiger charge is 2.20. The van der Waals surface area contributed by atoms with Crippen LogP contribution in [0.2, 0.25) is 0 Å². The van der Waals surface area contributed by atoms with Gasteiger partial charge in [-0.1, -0.05) is 194 Å². The predicted octanol–water partition coefficient (Wildman–Crippen LogP) is 17.8. The molecule has 0 saturated carbocycles. The average molecular weight is 965 g/mol. The van der Waals surface area contributed by atoms with Gasteiger partial charge in [-0.25, -0.2) is 19.9 Å². The zero-order valence-corrected chi connectivity index (χ0v) is 40.8. The molecule has 0 spiro atoms. The standard InChI is InChI=1S/C70H40N6/c1-7-43-23-29-52-37-54(38-53-30-24-44(8-1)63(43)65(52)53)59-39-61(57-15-3-11-48-13-5-35-71-67(48)57)75-69(73-59)50-25-17-41(18-26-50)42-19-27-51(28-20-42)70-74-60(40-62(76-70)58-16-4-12-49-14-6-36-72-68(49)58)55-33-31-47-22-21-45-9-2-10-46-32-34-56(55)66(47)64(45)46/h1-40H. The maximum Gasteiger partial charge on any atom is 0.160 e. The molecular weight excluding hydrogens is 925 g/mol. The third-order valence-corrected chi connectivity index (χ3v) is 15.5. The number of rotatable bonds is 7. The van der Waals surface area contributed by atoms with Gasteiger partial charge in [-0.2, -0.15) is 0 Å². The smallest absolute Gasteiger partial charge is 0.160 e. The Labute approximate surface area is 436 Å². The average Bonchev–Trinajstić information content (AvgIpc) is 3.63. The van der Waals surface area contributed by atoms with Crippen LogP contribution >= 0.6 is 0 Å². The van der Waals surface area contributed by atoms with E-state index in [0.29, 0.717) is 11.6 Å². The molecule has 0 aliphatic carbocycles. The summed E-state index contributed by atoms with van der Waals surface area (Å²) in [6.45, 7) is 0. The summed E-state index contributed by atoms with van der Waals surface area (Å²) in [5, 5.41) is 16.9. The monoisotopic (exact) mass is 964 g/mol. The van der Waals surface area contributed by atoms with E-state index in [0.717, 1.165) is 89.1 Å². The quantitative estimate of drug-likeness (QED) is 0.148. The first-order chi connectivity index (χ1) is 37.6. The van der Waals surface area contributed by atoms with E-state index >= 15 is 0 Å². The van der Waals surface area contributed by atoms with Gasteiger partial charge in [-0.05, 0) is 112 Å². The molecule has 0 unspecified atom stereocenters. The number of nitrogens with zero attached hydrogens (tertiary/aromatic N) is 6. The third-order valence-electron chi connectivity index (χ3n) is 15.5. The summed E-state index contributed by atoms with van der Waals surface area (Å²) in [6.07, 6.45) is 3.70. The number of benzene rings is 12. The van der Waals surface area contributed by atoms with Crippen molar-refractivity contribution in [2.75, 3.05) is 0 Å². The van der Waals surface area contributed by atoms with Crippen molar-refractivity contribution in [2.45, 2.75) is 0 Å². The number of aromatic nitrogens is 6. The molecule has 0 radical (unpaired) electrons. The minimum Gasteiger partial charge on any atom is -0.256 e. The van der Waals surface area contributed by atoms with Crippen LogP contribution in [0.15, 0.2) is 243 Å². The fourth-order valence-electron chi connectivity index (χ4n) is 11.8. The molecule has 0 saturated heterocycles. The van der Waals surface area contributed by atoms with E-state index in [4.69, 9.17) is 29.9 Å². The number of fused-ring (bicyclic) bond motifs is 2. The lowest BCUT2D eigenvalue weighted by Gasteiger charge is -2.15. The van der Waals surface area contributed by atoms with Crippen molar-refractivity contribution < 1.29 is 0 Å². The molecule has 350 valence electrons. The SMILES string of the molecule is c1cnc2c(-c3cc(-c4cc5ccc6cccc7ccc(c4)c5c67)nc(-c4ccc(-c5ccc(-c6nc(-c7ccc8ccc9cccc%10ccc7c8c9%10)cc(-c7cccc8cccnc78)n6)cc5)cc4)n3)cccc2c1. The lowest BCUT2D eigenvalue weighted by molar-refractivity contribution is 1.18. The highest BCUT2D eigenvalue weighted by atomic mass is 14.9. The molecule has 12 aromatic carbocycles. The van der Waals surface area contributed by atoms with Gasteiger partial charge in [0.25, 0.3) is 0 Å². The van der Waals surface area contributed by atoms with Crippen molar-refractivity contribution in [2.24, 2.45) is 0 Å². The fraction of sp³-hybridized carbons (Fsp3) is 0. The third kappa shape index (κ3) is 6.74. The van der Waals surface area contributed by atoms with Crippen LogP contribution in [0, 0.1) is 0 Å². The second-order valence-electron chi connectivity index (χ2n) is 19.8. The molecular formula is C70H40N6. The minimum atomic E-state index is 0.645. The van der Waals surface area contributed by atoms with Gasteiger partial charge in [0, 0.05) is 56.5 Å². The summed E-state index contributed by atoms with van der Waals surface area (Å²) in [5.41, 5.74) is 13.2. The zero-order chi connectivity index (χ0) is 49.8. The van der Waals surface area contributed by atoms with Crippen LogP contribution in [0.4, 0.5) is 0 Å². The van der Waals surface area contributed by atoms with Gasteiger partial charge in [0.15, 0.2) is 11.6 Å². The second kappa shape index (κ2) is 16.6. The number of pyridine rings is 2. The van der Waals surface area contributed by atoms with Gasteiger partial charge < -0.3 is 0 Å². The van der Waals surface area contributed by atoms with E-state index in [-0.39, 0.29) is 0 Å². The van der Waals surface area contributed by atoms with Crippen LogP contribution in [0.25, 0.3) is 165 Å². The molecule has 0 amide bonds. The largest absolute Gasteiger partial charge is 0.256 e. The number of para-hydroxylation sites is 2.